The minimum atomic E-state index is -0.191. The van der Waals surface area contributed by atoms with E-state index in [2.05, 4.69) is 15.4 Å². The van der Waals surface area contributed by atoms with Crippen LogP contribution in [0.3, 0.4) is 0 Å². The van der Waals surface area contributed by atoms with Gasteiger partial charge >= 0.3 is 0 Å². The summed E-state index contributed by atoms with van der Waals surface area (Å²) >= 11 is 1.55. The Balaban J connectivity index is 1.26. The fourth-order valence-electron chi connectivity index (χ4n) is 3.29. The van der Waals surface area contributed by atoms with Crippen LogP contribution in [0, 0.1) is 0 Å². The van der Waals surface area contributed by atoms with Crippen molar-refractivity contribution in [2.45, 2.75) is 32.6 Å². The number of aromatic nitrogens is 1. The summed E-state index contributed by atoms with van der Waals surface area (Å²) in [7, 11) is 0. The van der Waals surface area contributed by atoms with E-state index in [0.717, 1.165) is 56.9 Å². The highest BCUT2D eigenvalue weighted by Crippen LogP contribution is 2.25. The number of rotatable bonds is 9. The predicted molar refractivity (Wildman–Crippen MR) is 109 cm³/mol. The van der Waals surface area contributed by atoms with Crippen molar-refractivity contribution in [2.75, 3.05) is 39.3 Å². The van der Waals surface area contributed by atoms with Crippen LogP contribution in [-0.2, 0) is 4.79 Å². The maximum absolute atomic E-state index is 12.1. The predicted octanol–water partition coefficient (Wildman–Crippen LogP) is 2.86. The molecule has 1 saturated heterocycles. The molecule has 2 amide bonds. The van der Waals surface area contributed by atoms with Crippen LogP contribution < -0.4 is 5.32 Å². The van der Waals surface area contributed by atoms with E-state index >= 15 is 0 Å². The van der Waals surface area contributed by atoms with Gasteiger partial charge in [0.15, 0.2) is 11.5 Å². The lowest BCUT2D eigenvalue weighted by atomic mass is 10.2. The first-order valence-electron chi connectivity index (χ1n) is 9.96. The SMILES string of the molecule is CCC(=O)N1CCN(CCCCCNC(=O)c2cc(-c3cccs3)on2)CC1. The summed E-state index contributed by atoms with van der Waals surface area (Å²) in [6.45, 7) is 7.21. The molecule has 0 unspecified atom stereocenters. The van der Waals surface area contributed by atoms with Gasteiger partial charge in [-0.1, -0.05) is 24.6 Å². The van der Waals surface area contributed by atoms with E-state index in [4.69, 9.17) is 4.52 Å². The molecule has 0 atom stereocenters. The zero-order chi connectivity index (χ0) is 19.8. The van der Waals surface area contributed by atoms with Crippen molar-refractivity contribution in [3.63, 3.8) is 0 Å². The number of nitrogens with one attached hydrogen (secondary N) is 1. The molecule has 7 nitrogen and oxygen atoms in total. The van der Waals surface area contributed by atoms with E-state index < -0.39 is 0 Å². The topological polar surface area (TPSA) is 78.7 Å². The first-order valence-corrected chi connectivity index (χ1v) is 10.8. The minimum absolute atomic E-state index is 0.191. The van der Waals surface area contributed by atoms with Crippen LogP contribution in [0.4, 0.5) is 0 Å². The lowest BCUT2D eigenvalue weighted by Gasteiger charge is -2.34. The molecule has 28 heavy (non-hydrogen) atoms. The molecule has 8 heteroatoms. The largest absolute Gasteiger partial charge is 0.355 e. The van der Waals surface area contributed by atoms with Gasteiger partial charge in [0.25, 0.3) is 5.91 Å². The molecule has 3 rings (SSSR count). The summed E-state index contributed by atoms with van der Waals surface area (Å²) in [5.41, 5.74) is 0.322. The highest BCUT2D eigenvalue weighted by molar-refractivity contribution is 7.13. The molecule has 2 aromatic heterocycles. The number of piperazine rings is 1. The van der Waals surface area contributed by atoms with Crippen molar-refractivity contribution in [2.24, 2.45) is 0 Å². The summed E-state index contributed by atoms with van der Waals surface area (Å²) in [5.74, 6) is 0.689. The Morgan fingerprint density at radius 1 is 1.21 bits per heavy atom. The molecule has 0 radical (unpaired) electrons. The van der Waals surface area contributed by atoms with Crippen molar-refractivity contribution < 1.29 is 14.1 Å². The van der Waals surface area contributed by atoms with E-state index in [1.807, 2.05) is 29.3 Å². The molecule has 0 spiro atoms. The van der Waals surface area contributed by atoms with Crippen molar-refractivity contribution in [1.82, 2.24) is 20.3 Å². The van der Waals surface area contributed by atoms with Crippen LogP contribution in [-0.4, -0.2) is 66.0 Å². The highest BCUT2D eigenvalue weighted by Gasteiger charge is 2.19. The van der Waals surface area contributed by atoms with Crippen LogP contribution >= 0.6 is 11.3 Å². The second kappa shape index (κ2) is 10.4. The Bertz CT molecular complexity index is 751. The fraction of sp³-hybridized carbons (Fsp3) is 0.550. The molecular weight excluding hydrogens is 376 g/mol. The zero-order valence-corrected chi connectivity index (χ0v) is 17.2. The summed E-state index contributed by atoms with van der Waals surface area (Å²) < 4.78 is 5.24. The van der Waals surface area contributed by atoms with Crippen molar-refractivity contribution in [3.8, 4) is 10.6 Å². The van der Waals surface area contributed by atoms with Crippen LogP contribution in [0.2, 0.25) is 0 Å². The lowest BCUT2D eigenvalue weighted by molar-refractivity contribution is -0.132. The molecule has 2 aromatic rings. The zero-order valence-electron chi connectivity index (χ0n) is 16.4. The smallest absolute Gasteiger partial charge is 0.273 e. The molecule has 0 saturated carbocycles. The van der Waals surface area contributed by atoms with Gasteiger partial charge in [0.2, 0.25) is 5.91 Å². The molecule has 152 valence electrons. The van der Waals surface area contributed by atoms with Crippen molar-refractivity contribution >= 4 is 23.2 Å². The van der Waals surface area contributed by atoms with Gasteiger partial charge in [-0.15, -0.1) is 11.3 Å². The van der Waals surface area contributed by atoms with E-state index in [-0.39, 0.29) is 11.8 Å². The first-order chi connectivity index (χ1) is 13.7. The Kier molecular flexibility index (Phi) is 7.62. The third-order valence-corrected chi connectivity index (χ3v) is 5.86. The molecule has 0 bridgehead atoms. The monoisotopic (exact) mass is 404 g/mol. The van der Waals surface area contributed by atoms with E-state index in [9.17, 15) is 9.59 Å². The maximum Gasteiger partial charge on any atom is 0.273 e. The van der Waals surface area contributed by atoms with Gasteiger partial charge < -0.3 is 14.7 Å². The molecule has 1 aliphatic rings. The van der Waals surface area contributed by atoms with E-state index in [1.165, 1.54) is 0 Å². The van der Waals surface area contributed by atoms with Gasteiger partial charge in [0, 0.05) is 45.2 Å². The molecule has 1 N–H and O–H groups in total. The number of hydrogen-bond acceptors (Lipinski definition) is 6. The molecule has 0 aliphatic carbocycles. The van der Waals surface area contributed by atoms with Gasteiger partial charge in [-0.05, 0) is 30.8 Å². The first kappa shape index (κ1) is 20.5. The van der Waals surface area contributed by atoms with E-state index in [1.54, 1.807) is 17.4 Å². The molecular formula is C20H28N4O3S. The maximum atomic E-state index is 12.1. The average Bonchev–Trinajstić information content (AvgIpc) is 3.42. The number of carbonyl (C=O) groups is 2. The third kappa shape index (κ3) is 5.65. The Morgan fingerprint density at radius 3 is 2.75 bits per heavy atom. The quantitative estimate of drug-likeness (QED) is 0.650. The van der Waals surface area contributed by atoms with Crippen molar-refractivity contribution in [3.05, 3.63) is 29.3 Å². The van der Waals surface area contributed by atoms with Gasteiger partial charge in [-0.2, -0.15) is 0 Å². The number of carbonyl (C=O) groups excluding carboxylic acids is 2. The fourth-order valence-corrected chi connectivity index (χ4v) is 3.96. The highest BCUT2D eigenvalue weighted by atomic mass is 32.1. The summed E-state index contributed by atoms with van der Waals surface area (Å²) in [6.07, 6.45) is 3.70. The van der Waals surface area contributed by atoms with Crippen LogP contribution in [0.5, 0.6) is 0 Å². The summed E-state index contributed by atoms with van der Waals surface area (Å²) in [4.78, 5) is 29.2. The van der Waals surface area contributed by atoms with Crippen molar-refractivity contribution in [1.29, 1.82) is 0 Å². The molecule has 0 aromatic carbocycles. The van der Waals surface area contributed by atoms with Gasteiger partial charge in [-0.25, -0.2) is 0 Å². The number of unbranched alkanes of at least 4 members (excludes halogenated alkanes) is 2. The average molecular weight is 405 g/mol. The number of amides is 2. The second-order valence-corrected chi connectivity index (χ2v) is 7.89. The van der Waals surface area contributed by atoms with Crippen LogP contribution in [0.15, 0.2) is 28.1 Å². The number of hydrogen-bond donors (Lipinski definition) is 1. The van der Waals surface area contributed by atoms with Crippen LogP contribution in [0.1, 0.15) is 43.1 Å². The van der Waals surface area contributed by atoms with Gasteiger partial charge in [0.05, 0.1) is 4.88 Å². The Labute approximate surface area is 169 Å². The Hall–Kier alpha value is -2.19. The standard InChI is InChI=1S/C20H28N4O3S/c1-2-19(25)24-12-10-23(11-13-24)9-5-3-4-8-21-20(26)16-15-17(27-22-16)18-7-6-14-28-18/h6-7,14-15H,2-5,8-13H2,1H3,(H,21,26). The normalized spacial score (nSPS) is 15.0. The summed E-state index contributed by atoms with van der Waals surface area (Å²) in [5, 5.41) is 8.72. The van der Waals surface area contributed by atoms with E-state index in [0.29, 0.717) is 24.4 Å². The molecule has 3 heterocycles. The third-order valence-electron chi connectivity index (χ3n) is 4.97. The number of thiophene rings is 1. The second-order valence-electron chi connectivity index (χ2n) is 6.95. The number of nitrogens with zero attached hydrogens (tertiary/aromatic N) is 3. The lowest BCUT2D eigenvalue weighted by Crippen LogP contribution is -2.48. The Morgan fingerprint density at radius 2 is 2.04 bits per heavy atom. The minimum Gasteiger partial charge on any atom is -0.355 e. The van der Waals surface area contributed by atoms with Crippen LogP contribution in [0.25, 0.3) is 10.6 Å². The summed E-state index contributed by atoms with van der Waals surface area (Å²) in [6, 6.07) is 5.56. The molecule has 1 fully saturated rings. The van der Waals surface area contributed by atoms with Gasteiger partial charge in [-0.3, -0.25) is 14.5 Å². The van der Waals surface area contributed by atoms with Gasteiger partial charge in [0.1, 0.15) is 0 Å². The molecule has 1 aliphatic heterocycles.